The molecule has 1 heterocycles. The highest BCUT2D eigenvalue weighted by molar-refractivity contribution is 6.31. The van der Waals surface area contributed by atoms with Crippen molar-refractivity contribution in [3.8, 4) is 0 Å². The van der Waals surface area contributed by atoms with E-state index in [1.807, 2.05) is 0 Å². The summed E-state index contributed by atoms with van der Waals surface area (Å²) in [6.45, 7) is 1.91. The van der Waals surface area contributed by atoms with Gasteiger partial charge in [0, 0.05) is 12.1 Å². The van der Waals surface area contributed by atoms with Crippen LogP contribution >= 0.6 is 0 Å². The predicted octanol–water partition coefficient (Wildman–Crippen LogP) is 0.289. The van der Waals surface area contributed by atoms with Gasteiger partial charge in [-0.25, -0.2) is 4.79 Å². The van der Waals surface area contributed by atoms with Crippen molar-refractivity contribution < 1.29 is 19.1 Å². The highest BCUT2D eigenvalue weighted by atomic mass is 16.4. The maximum absolute atomic E-state index is 10.6. The number of carbonyl (C=O) groups excluding carboxylic acids is 1. The highest BCUT2D eigenvalue weighted by Gasteiger charge is 2.10. The number of carboxylic acid groups (broad SMARTS) is 1. The van der Waals surface area contributed by atoms with Gasteiger partial charge in [-0.2, -0.15) is 0 Å². The molecule has 0 aromatic carbocycles. The van der Waals surface area contributed by atoms with Gasteiger partial charge in [0.1, 0.15) is 5.76 Å². The van der Waals surface area contributed by atoms with Crippen LogP contribution in [0.2, 0.25) is 0 Å². The molecule has 0 bridgehead atoms. The van der Waals surface area contributed by atoms with Gasteiger partial charge in [0.05, 0.1) is 6.26 Å². The van der Waals surface area contributed by atoms with Gasteiger partial charge < -0.3 is 14.8 Å². The van der Waals surface area contributed by atoms with Crippen molar-refractivity contribution >= 4 is 11.9 Å². The number of furan rings is 1. The molecule has 0 saturated carbocycles. The van der Waals surface area contributed by atoms with E-state index in [9.17, 15) is 9.59 Å². The van der Waals surface area contributed by atoms with E-state index < -0.39 is 11.9 Å². The third-order valence-electron chi connectivity index (χ3n) is 1.60. The molecule has 1 aromatic rings. The molecule has 0 radical (unpaired) electrons. The Morgan fingerprint density at radius 3 is 2.77 bits per heavy atom. The van der Waals surface area contributed by atoms with E-state index in [2.05, 4.69) is 5.32 Å². The van der Waals surface area contributed by atoms with Crippen LogP contribution < -0.4 is 5.32 Å². The second-order valence-electron chi connectivity index (χ2n) is 2.49. The lowest BCUT2D eigenvalue weighted by atomic mass is 10.2. The number of nitrogens with one attached hydrogen (secondary N) is 1. The quantitative estimate of drug-likeness (QED) is 0.646. The Morgan fingerprint density at radius 2 is 2.31 bits per heavy atom. The van der Waals surface area contributed by atoms with E-state index in [-0.39, 0.29) is 6.54 Å². The lowest BCUT2D eigenvalue weighted by molar-refractivity contribution is -0.150. The van der Waals surface area contributed by atoms with Gasteiger partial charge in [0.2, 0.25) is 0 Å². The summed E-state index contributed by atoms with van der Waals surface area (Å²) in [7, 11) is 0. The van der Waals surface area contributed by atoms with E-state index >= 15 is 0 Å². The number of amides is 1. The summed E-state index contributed by atoms with van der Waals surface area (Å²) in [5, 5.41) is 10.5. The molecule has 0 fully saturated rings. The Morgan fingerprint density at radius 1 is 1.62 bits per heavy atom. The lowest BCUT2D eigenvalue weighted by Crippen LogP contribution is -2.30. The Balaban J connectivity index is 2.48. The number of hydrogen-bond acceptors (Lipinski definition) is 3. The minimum atomic E-state index is -1.49. The van der Waals surface area contributed by atoms with E-state index in [4.69, 9.17) is 9.52 Å². The first-order chi connectivity index (χ1) is 6.11. The third-order valence-corrected chi connectivity index (χ3v) is 1.60. The number of hydrogen-bond donors (Lipinski definition) is 2. The molecule has 0 saturated heterocycles. The van der Waals surface area contributed by atoms with Gasteiger partial charge in [-0.05, 0) is 13.0 Å². The van der Waals surface area contributed by atoms with Gasteiger partial charge in [0.25, 0.3) is 0 Å². The number of carboxylic acids is 1. The van der Waals surface area contributed by atoms with Crippen LogP contribution in [0.25, 0.3) is 0 Å². The first-order valence-corrected chi connectivity index (χ1v) is 3.65. The average molecular weight is 183 g/mol. The van der Waals surface area contributed by atoms with Gasteiger partial charge >= 0.3 is 11.9 Å². The zero-order valence-corrected chi connectivity index (χ0v) is 7.03. The van der Waals surface area contributed by atoms with Crippen molar-refractivity contribution in [2.75, 3.05) is 0 Å². The monoisotopic (exact) mass is 183 g/mol. The number of carbonyl (C=O) groups is 2. The normalized spacial score (nSPS) is 9.62. The molecule has 0 unspecified atom stereocenters. The van der Waals surface area contributed by atoms with E-state index in [1.54, 1.807) is 13.0 Å². The Labute approximate surface area is 74.4 Å². The van der Waals surface area contributed by atoms with Gasteiger partial charge in [-0.15, -0.1) is 0 Å². The average Bonchev–Trinajstić information content (AvgIpc) is 2.47. The molecule has 70 valence electrons. The van der Waals surface area contributed by atoms with Gasteiger partial charge in [-0.1, -0.05) is 0 Å². The summed E-state index contributed by atoms with van der Waals surface area (Å²) in [5.41, 5.74) is 0.773. The minimum Gasteiger partial charge on any atom is -0.474 e. The van der Waals surface area contributed by atoms with Crippen molar-refractivity contribution in [3.63, 3.8) is 0 Å². The molecular formula is C8H9NO4. The van der Waals surface area contributed by atoms with Crippen LogP contribution in [0.3, 0.4) is 0 Å². The maximum Gasteiger partial charge on any atom is 0.394 e. The summed E-state index contributed by atoms with van der Waals surface area (Å²) >= 11 is 0. The number of aryl methyl sites for hydroxylation is 1. The van der Waals surface area contributed by atoms with Crippen LogP contribution in [-0.4, -0.2) is 17.0 Å². The maximum atomic E-state index is 10.6. The van der Waals surface area contributed by atoms with Crippen LogP contribution in [0.5, 0.6) is 0 Å². The summed E-state index contributed by atoms with van der Waals surface area (Å²) < 4.78 is 4.96. The first kappa shape index (κ1) is 9.31. The fourth-order valence-corrected chi connectivity index (χ4v) is 0.846. The molecular weight excluding hydrogens is 174 g/mol. The largest absolute Gasteiger partial charge is 0.474 e. The lowest BCUT2D eigenvalue weighted by Gasteiger charge is -1.99. The van der Waals surface area contributed by atoms with E-state index in [0.29, 0.717) is 5.76 Å². The standard InChI is InChI=1S/C8H9NO4/c1-5-6(2-3-13-5)4-9-7(10)8(11)12/h2-3H,4H2,1H3,(H,9,10)(H,11,12). The van der Waals surface area contributed by atoms with Crippen LogP contribution in [0.4, 0.5) is 0 Å². The van der Waals surface area contributed by atoms with Crippen LogP contribution in [-0.2, 0) is 16.1 Å². The Hall–Kier alpha value is -1.78. The van der Waals surface area contributed by atoms with Gasteiger partial charge in [0.15, 0.2) is 0 Å². The molecule has 1 amide bonds. The van der Waals surface area contributed by atoms with E-state index in [0.717, 1.165) is 5.56 Å². The highest BCUT2D eigenvalue weighted by Crippen LogP contribution is 2.07. The van der Waals surface area contributed by atoms with Crippen molar-refractivity contribution in [3.05, 3.63) is 23.7 Å². The predicted molar refractivity (Wildman–Crippen MR) is 42.9 cm³/mol. The Kier molecular flexibility index (Phi) is 2.69. The summed E-state index contributed by atoms with van der Waals surface area (Å²) in [6.07, 6.45) is 1.48. The Bertz CT molecular complexity index is 329. The van der Waals surface area contributed by atoms with Crippen LogP contribution in [0, 0.1) is 6.92 Å². The first-order valence-electron chi connectivity index (χ1n) is 3.65. The topological polar surface area (TPSA) is 79.5 Å². The molecule has 1 aromatic heterocycles. The van der Waals surface area contributed by atoms with Crippen molar-refractivity contribution in [2.24, 2.45) is 0 Å². The molecule has 5 nitrogen and oxygen atoms in total. The minimum absolute atomic E-state index is 0.174. The fraction of sp³-hybridized carbons (Fsp3) is 0.250. The fourth-order valence-electron chi connectivity index (χ4n) is 0.846. The number of rotatable bonds is 2. The molecule has 0 aliphatic heterocycles. The van der Waals surface area contributed by atoms with Gasteiger partial charge in [-0.3, -0.25) is 4.79 Å². The zero-order valence-electron chi connectivity index (χ0n) is 7.03. The molecule has 0 spiro atoms. The second-order valence-corrected chi connectivity index (χ2v) is 2.49. The molecule has 13 heavy (non-hydrogen) atoms. The SMILES string of the molecule is Cc1occc1CNC(=O)C(=O)O. The molecule has 0 atom stereocenters. The van der Waals surface area contributed by atoms with Crippen LogP contribution in [0.1, 0.15) is 11.3 Å². The third kappa shape index (κ3) is 2.33. The molecule has 1 rings (SSSR count). The van der Waals surface area contributed by atoms with Crippen molar-refractivity contribution in [1.29, 1.82) is 0 Å². The zero-order chi connectivity index (χ0) is 9.84. The summed E-state index contributed by atoms with van der Waals surface area (Å²) in [5.74, 6) is -1.83. The second kappa shape index (κ2) is 3.75. The van der Waals surface area contributed by atoms with E-state index in [1.165, 1.54) is 6.26 Å². The molecule has 0 aliphatic carbocycles. The van der Waals surface area contributed by atoms with Crippen molar-refractivity contribution in [2.45, 2.75) is 13.5 Å². The smallest absolute Gasteiger partial charge is 0.394 e. The van der Waals surface area contributed by atoms with Crippen LogP contribution in [0.15, 0.2) is 16.7 Å². The molecule has 2 N–H and O–H groups in total. The van der Waals surface area contributed by atoms with Crippen molar-refractivity contribution in [1.82, 2.24) is 5.32 Å². The molecule has 5 heteroatoms. The number of aliphatic carboxylic acids is 1. The molecule has 0 aliphatic rings. The summed E-state index contributed by atoms with van der Waals surface area (Å²) in [6, 6.07) is 1.68. The summed E-state index contributed by atoms with van der Waals surface area (Å²) in [4.78, 5) is 20.7.